The van der Waals surface area contributed by atoms with Gasteiger partial charge < -0.3 is 10.6 Å². The van der Waals surface area contributed by atoms with E-state index in [4.69, 9.17) is 5.73 Å². The van der Waals surface area contributed by atoms with Gasteiger partial charge >= 0.3 is 0 Å². The van der Waals surface area contributed by atoms with Crippen LogP contribution in [0, 0.1) is 11.8 Å². The van der Waals surface area contributed by atoms with Crippen LogP contribution in [0.25, 0.3) is 0 Å². The molecule has 0 saturated heterocycles. The minimum absolute atomic E-state index is 0.291. The van der Waals surface area contributed by atoms with E-state index < -0.39 is 0 Å². The van der Waals surface area contributed by atoms with Gasteiger partial charge in [-0.1, -0.05) is 32.6 Å². The van der Waals surface area contributed by atoms with Crippen LogP contribution in [-0.4, -0.2) is 29.9 Å². The van der Waals surface area contributed by atoms with Crippen molar-refractivity contribution in [1.29, 1.82) is 0 Å². The second kappa shape index (κ2) is 7.28. The van der Waals surface area contributed by atoms with E-state index in [0.29, 0.717) is 30.3 Å². The minimum Gasteiger partial charge on any atom is -0.339 e. The Morgan fingerprint density at radius 3 is 2.42 bits per heavy atom. The first-order chi connectivity index (χ1) is 9.24. The Kier molecular flexibility index (Phi) is 5.68. The van der Waals surface area contributed by atoms with E-state index in [0.717, 1.165) is 19.4 Å². The summed E-state index contributed by atoms with van der Waals surface area (Å²) in [5, 5.41) is 0. The van der Waals surface area contributed by atoms with Crippen molar-refractivity contribution in [2.75, 3.05) is 13.1 Å². The Morgan fingerprint density at radius 2 is 1.84 bits per heavy atom. The highest BCUT2D eigenvalue weighted by atomic mass is 16.2. The molecule has 2 rings (SSSR count). The molecular weight excluding hydrogens is 236 g/mol. The topological polar surface area (TPSA) is 46.3 Å². The summed E-state index contributed by atoms with van der Waals surface area (Å²) in [6.07, 6.45) is 10.8. The van der Waals surface area contributed by atoms with Crippen molar-refractivity contribution in [2.24, 2.45) is 17.6 Å². The zero-order valence-electron chi connectivity index (χ0n) is 12.4. The Balaban J connectivity index is 2.00. The van der Waals surface area contributed by atoms with Crippen molar-refractivity contribution in [3.05, 3.63) is 0 Å². The first-order valence-electron chi connectivity index (χ1n) is 8.24. The van der Waals surface area contributed by atoms with Crippen LogP contribution in [0.5, 0.6) is 0 Å². The van der Waals surface area contributed by atoms with Gasteiger partial charge in [-0.05, 0) is 44.6 Å². The Bertz CT molecular complexity index is 286. The summed E-state index contributed by atoms with van der Waals surface area (Å²) in [4.78, 5) is 15.1. The maximum Gasteiger partial charge on any atom is 0.226 e. The molecule has 19 heavy (non-hydrogen) atoms. The molecule has 0 aliphatic heterocycles. The van der Waals surface area contributed by atoms with Crippen LogP contribution in [-0.2, 0) is 4.79 Å². The fraction of sp³-hybridized carbons (Fsp3) is 0.938. The summed E-state index contributed by atoms with van der Waals surface area (Å²) in [7, 11) is 0. The largest absolute Gasteiger partial charge is 0.339 e. The number of rotatable bonds is 5. The van der Waals surface area contributed by atoms with Gasteiger partial charge in [0, 0.05) is 18.5 Å². The van der Waals surface area contributed by atoms with Crippen molar-refractivity contribution in [3.63, 3.8) is 0 Å². The number of carbonyl (C=O) groups is 1. The molecule has 2 unspecified atom stereocenters. The lowest BCUT2D eigenvalue weighted by Crippen LogP contribution is -2.46. The highest BCUT2D eigenvalue weighted by Crippen LogP contribution is 2.34. The van der Waals surface area contributed by atoms with Gasteiger partial charge in [-0.15, -0.1) is 0 Å². The Labute approximate surface area is 117 Å². The second-order valence-electron chi connectivity index (χ2n) is 6.48. The smallest absolute Gasteiger partial charge is 0.226 e. The summed E-state index contributed by atoms with van der Waals surface area (Å²) in [6.45, 7) is 3.82. The molecule has 2 atom stereocenters. The minimum atomic E-state index is 0.291. The predicted octanol–water partition coefficient (Wildman–Crippen LogP) is 2.93. The zero-order chi connectivity index (χ0) is 13.7. The predicted molar refractivity (Wildman–Crippen MR) is 78.8 cm³/mol. The van der Waals surface area contributed by atoms with E-state index in [-0.39, 0.29) is 0 Å². The number of amides is 1. The Morgan fingerprint density at radius 1 is 1.11 bits per heavy atom. The molecule has 3 nitrogen and oxygen atoms in total. The third kappa shape index (κ3) is 3.71. The van der Waals surface area contributed by atoms with Gasteiger partial charge in [-0.25, -0.2) is 0 Å². The summed E-state index contributed by atoms with van der Waals surface area (Å²) in [6, 6.07) is 0.501. The summed E-state index contributed by atoms with van der Waals surface area (Å²) < 4.78 is 0. The highest BCUT2D eigenvalue weighted by Gasteiger charge is 2.35. The van der Waals surface area contributed by atoms with Crippen molar-refractivity contribution in [3.8, 4) is 0 Å². The maximum atomic E-state index is 12.8. The van der Waals surface area contributed by atoms with E-state index in [2.05, 4.69) is 11.8 Å². The van der Waals surface area contributed by atoms with E-state index >= 15 is 0 Å². The molecule has 0 heterocycles. The molecule has 2 fully saturated rings. The first kappa shape index (κ1) is 14.8. The lowest BCUT2D eigenvalue weighted by atomic mass is 9.91. The van der Waals surface area contributed by atoms with Gasteiger partial charge in [0.1, 0.15) is 0 Å². The summed E-state index contributed by atoms with van der Waals surface area (Å²) in [5.41, 5.74) is 5.65. The van der Waals surface area contributed by atoms with Gasteiger partial charge in [0.05, 0.1) is 0 Å². The number of carbonyl (C=O) groups excluding carboxylic acids is 1. The Hall–Kier alpha value is -0.570. The normalized spacial score (nSPS) is 28.5. The molecule has 1 amide bonds. The van der Waals surface area contributed by atoms with Crippen LogP contribution in [0.15, 0.2) is 0 Å². The number of nitrogens with zero attached hydrogens (tertiary/aromatic N) is 1. The van der Waals surface area contributed by atoms with E-state index in [1.807, 2.05) is 0 Å². The average Bonchev–Trinajstić information content (AvgIpc) is 2.86. The first-order valence-corrected chi connectivity index (χ1v) is 8.24. The lowest BCUT2D eigenvalue weighted by molar-refractivity contribution is -0.139. The van der Waals surface area contributed by atoms with Crippen LogP contribution in [0.2, 0.25) is 0 Å². The van der Waals surface area contributed by atoms with Crippen molar-refractivity contribution in [1.82, 2.24) is 4.90 Å². The van der Waals surface area contributed by atoms with Crippen molar-refractivity contribution >= 4 is 5.91 Å². The molecule has 3 heteroatoms. The van der Waals surface area contributed by atoms with Crippen molar-refractivity contribution in [2.45, 2.75) is 70.8 Å². The molecule has 0 aromatic heterocycles. The summed E-state index contributed by atoms with van der Waals surface area (Å²) in [5.74, 6) is 1.31. The molecule has 2 aliphatic carbocycles. The third-order valence-electron chi connectivity index (χ3n) is 5.08. The molecule has 0 bridgehead atoms. The highest BCUT2D eigenvalue weighted by molar-refractivity contribution is 5.79. The van der Waals surface area contributed by atoms with E-state index in [1.165, 1.54) is 44.9 Å². The van der Waals surface area contributed by atoms with E-state index in [1.54, 1.807) is 0 Å². The number of hydrogen-bond acceptors (Lipinski definition) is 2. The molecule has 0 spiro atoms. The molecule has 2 saturated carbocycles. The monoisotopic (exact) mass is 266 g/mol. The van der Waals surface area contributed by atoms with Gasteiger partial charge in [-0.3, -0.25) is 4.79 Å². The van der Waals surface area contributed by atoms with Crippen LogP contribution in [0.4, 0.5) is 0 Å². The van der Waals surface area contributed by atoms with Gasteiger partial charge in [0.25, 0.3) is 0 Å². The van der Waals surface area contributed by atoms with Gasteiger partial charge in [0.15, 0.2) is 0 Å². The zero-order valence-corrected chi connectivity index (χ0v) is 12.4. The maximum absolute atomic E-state index is 12.8. The van der Waals surface area contributed by atoms with Crippen molar-refractivity contribution < 1.29 is 4.79 Å². The second-order valence-corrected chi connectivity index (χ2v) is 6.48. The van der Waals surface area contributed by atoms with Crippen LogP contribution >= 0.6 is 0 Å². The molecule has 0 radical (unpaired) electrons. The fourth-order valence-electron chi connectivity index (χ4n) is 3.85. The van der Waals surface area contributed by atoms with Gasteiger partial charge in [0.2, 0.25) is 5.91 Å². The molecule has 0 aromatic rings. The molecular formula is C16H30N2O. The number of hydrogen-bond donors (Lipinski definition) is 1. The summed E-state index contributed by atoms with van der Waals surface area (Å²) >= 11 is 0. The fourth-order valence-corrected chi connectivity index (χ4v) is 3.85. The molecule has 2 aliphatic rings. The van der Waals surface area contributed by atoms with Crippen LogP contribution < -0.4 is 5.73 Å². The van der Waals surface area contributed by atoms with Crippen LogP contribution in [0.1, 0.15) is 64.7 Å². The lowest BCUT2D eigenvalue weighted by Gasteiger charge is -2.37. The SMILES string of the molecule is CC1CCCC1C(=O)N(CCCN)C1CCCCC1. The van der Waals surface area contributed by atoms with Gasteiger partial charge in [-0.2, -0.15) is 0 Å². The molecule has 2 N–H and O–H groups in total. The quantitative estimate of drug-likeness (QED) is 0.831. The number of nitrogens with two attached hydrogens (primary N) is 1. The standard InChI is InChI=1S/C16H30N2O/c1-13-7-5-10-15(13)16(19)18(12-6-11-17)14-8-3-2-4-9-14/h13-15H,2-12,17H2,1H3. The molecule has 110 valence electrons. The molecule has 0 aromatic carbocycles. The average molecular weight is 266 g/mol. The third-order valence-corrected chi connectivity index (χ3v) is 5.08. The van der Waals surface area contributed by atoms with E-state index in [9.17, 15) is 4.79 Å². The van der Waals surface area contributed by atoms with Crippen LogP contribution in [0.3, 0.4) is 0 Å².